The summed E-state index contributed by atoms with van der Waals surface area (Å²) in [5, 5.41) is 8.17. The Morgan fingerprint density at radius 3 is 2.55 bits per heavy atom. The number of primary amides is 1. The Hall–Kier alpha value is -3.46. The van der Waals surface area contributed by atoms with Crippen molar-refractivity contribution < 1.29 is 9.53 Å². The number of hydrogen-bond donors (Lipinski definition) is 3. The number of carbonyl (C=O) groups excluding carboxylic acids is 1. The van der Waals surface area contributed by atoms with Gasteiger partial charge in [-0.3, -0.25) is 4.79 Å². The number of aromatic amines is 1. The van der Waals surface area contributed by atoms with Gasteiger partial charge in [0.1, 0.15) is 17.0 Å². The third-order valence-corrected chi connectivity index (χ3v) is 6.11. The number of methoxy groups -OCH3 is 1. The van der Waals surface area contributed by atoms with Crippen molar-refractivity contribution in [2.45, 2.75) is 51.0 Å². The van der Waals surface area contributed by atoms with Gasteiger partial charge in [0, 0.05) is 43.6 Å². The summed E-state index contributed by atoms with van der Waals surface area (Å²) in [5.41, 5.74) is 8.47. The van der Waals surface area contributed by atoms with Crippen molar-refractivity contribution in [2.24, 2.45) is 5.73 Å². The Labute approximate surface area is 192 Å². The zero-order valence-electron chi connectivity index (χ0n) is 19.2. The van der Waals surface area contributed by atoms with E-state index in [1.165, 1.54) is 51.1 Å². The SMILES string of the molecule is C1CCC1.CNc1cc(-c2c[nH]c3ncccc23)nc2c(C(N)=O)cnn12.COC1CCC1. The van der Waals surface area contributed by atoms with Gasteiger partial charge in [-0.25, -0.2) is 9.97 Å². The van der Waals surface area contributed by atoms with Gasteiger partial charge >= 0.3 is 0 Å². The summed E-state index contributed by atoms with van der Waals surface area (Å²) in [5.74, 6) is 0.142. The van der Waals surface area contributed by atoms with E-state index < -0.39 is 5.91 Å². The topological polar surface area (TPSA) is 123 Å². The van der Waals surface area contributed by atoms with Gasteiger partial charge < -0.3 is 20.8 Å². The zero-order valence-corrected chi connectivity index (χ0v) is 19.2. The summed E-state index contributed by atoms with van der Waals surface area (Å²) in [6.07, 6.45) is 15.6. The number of H-pyrrole nitrogens is 1. The number of rotatable bonds is 4. The first-order chi connectivity index (χ1) is 16.1. The van der Waals surface area contributed by atoms with Crippen LogP contribution in [0.5, 0.6) is 0 Å². The van der Waals surface area contributed by atoms with Crippen molar-refractivity contribution in [3.63, 3.8) is 0 Å². The zero-order chi connectivity index (χ0) is 23.2. The quantitative estimate of drug-likeness (QED) is 0.430. The van der Waals surface area contributed by atoms with Gasteiger partial charge in [-0.05, 0) is 31.4 Å². The number of amides is 1. The number of ether oxygens (including phenoxy) is 1. The Morgan fingerprint density at radius 1 is 1.24 bits per heavy atom. The monoisotopic (exact) mass is 449 g/mol. The Balaban J connectivity index is 0.000000213. The average Bonchev–Trinajstić information content (AvgIpc) is 3.36. The molecule has 0 unspecified atom stereocenters. The van der Waals surface area contributed by atoms with Crippen LogP contribution in [-0.4, -0.2) is 50.7 Å². The molecule has 2 aliphatic rings. The lowest BCUT2D eigenvalue weighted by atomic mass is 9.96. The minimum absolute atomic E-state index is 0.279. The van der Waals surface area contributed by atoms with Crippen molar-refractivity contribution in [1.29, 1.82) is 0 Å². The fourth-order valence-corrected chi connectivity index (χ4v) is 3.48. The van der Waals surface area contributed by atoms with E-state index in [0.29, 0.717) is 23.3 Å². The van der Waals surface area contributed by atoms with Crippen LogP contribution in [0.15, 0.2) is 36.8 Å². The molecule has 9 nitrogen and oxygen atoms in total. The van der Waals surface area contributed by atoms with Gasteiger partial charge in [-0.1, -0.05) is 25.7 Å². The summed E-state index contributed by atoms with van der Waals surface area (Å²) in [6.45, 7) is 0. The number of fused-ring (bicyclic) bond motifs is 2. The minimum atomic E-state index is -0.563. The van der Waals surface area contributed by atoms with Crippen LogP contribution in [-0.2, 0) is 4.74 Å². The maximum atomic E-state index is 11.6. The Morgan fingerprint density at radius 2 is 2.00 bits per heavy atom. The number of pyridine rings is 1. The predicted molar refractivity (Wildman–Crippen MR) is 129 cm³/mol. The lowest BCUT2D eigenvalue weighted by Gasteiger charge is -2.22. The number of carbonyl (C=O) groups is 1. The molecule has 2 saturated carbocycles. The number of nitrogens with two attached hydrogens (primary N) is 1. The first-order valence-electron chi connectivity index (χ1n) is 11.4. The molecule has 0 aliphatic heterocycles. The molecule has 4 N–H and O–H groups in total. The number of nitrogens with zero attached hydrogens (tertiary/aromatic N) is 4. The third-order valence-electron chi connectivity index (χ3n) is 6.11. The summed E-state index contributed by atoms with van der Waals surface area (Å²) in [7, 11) is 3.56. The fourth-order valence-electron chi connectivity index (χ4n) is 3.48. The number of nitrogens with one attached hydrogen (secondary N) is 2. The minimum Gasteiger partial charge on any atom is -0.381 e. The molecule has 4 aromatic rings. The molecule has 4 heterocycles. The second-order valence-electron chi connectivity index (χ2n) is 8.24. The highest BCUT2D eigenvalue weighted by molar-refractivity contribution is 5.99. The van der Waals surface area contributed by atoms with Crippen molar-refractivity contribution in [3.05, 3.63) is 42.4 Å². The maximum Gasteiger partial charge on any atom is 0.254 e. The molecule has 0 atom stereocenters. The second-order valence-corrected chi connectivity index (χ2v) is 8.24. The van der Waals surface area contributed by atoms with Crippen LogP contribution < -0.4 is 11.1 Å². The van der Waals surface area contributed by atoms with Gasteiger partial charge in [-0.15, -0.1) is 0 Å². The maximum absolute atomic E-state index is 11.6. The molecular weight excluding hydrogens is 418 g/mol. The average molecular weight is 450 g/mol. The smallest absolute Gasteiger partial charge is 0.254 e. The van der Waals surface area contributed by atoms with E-state index in [0.717, 1.165) is 16.6 Å². The molecule has 174 valence electrons. The molecule has 0 saturated heterocycles. The standard InChI is InChI=1S/C15H13N7O.C5H10O.C4H8/c1-17-12-5-11(9-6-19-14-8(9)3-2-4-18-14)21-15-10(13(16)23)7-20-22(12)15;1-6-5-3-2-4-5;1-2-4-3-1/h2-7,17H,1H3,(H2,16,23)(H,18,19);5H,2-4H2,1H3;1-4H2. The molecule has 6 rings (SSSR count). The normalized spacial score (nSPS) is 15.0. The van der Waals surface area contributed by atoms with Crippen LogP contribution in [0, 0.1) is 0 Å². The molecule has 0 bridgehead atoms. The fraction of sp³-hybridized carbons (Fsp3) is 0.417. The van der Waals surface area contributed by atoms with Crippen molar-refractivity contribution in [3.8, 4) is 11.3 Å². The number of hydrogen-bond acceptors (Lipinski definition) is 6. The summed E-state index contributed by atoms with van der Waals surface area (Å²) >= 11 is 0. The van der Waals surface area contributed by atoms with E-state index in [4.69, 9.17) is 10.5 Å². The molecule has 9 heteroatoms. The van der Waals surface area contributed by atoms with Gasteiger partial charge in [0.15, 0.2) is 5.65 Å². The van der Waals surface area contributed by atoms with E-state index >= 15 is 0 Å². The third kappa shape index (κ3) is 4.98. The lowest BCUT2D eigenvalue weighted by Crippen LogP contribution is -2.18. The van der Waals surface area contributed by atoms with Crippen LogP contribution in [0.1, 0.15) is 55.3 Å². The van der Waals surface area contributed by atoms with E-state index in [2.05, 4.69) is 25.4 Å². The number of anilines is 1. The van der Waals surface area contributed by atoms with E-state index in [9.17, 15) is 4.79 Å². The summed E-state index contributed by atoms with van der Waals surface area (Å²) < 4.78 is 6.54. The largest absolute Gasteiger partial charge is 0.381 e. The van der Waals surface area contributed by atoms with Gasteiger partial charge in [-0.2, -0.15) is 9.61 Å². The Bertz CT molecular complexity index is 1220. The molecular formula is C24H31N7O2. The lowest BCUT2D eigenvalue weighted by molar-refractivity contribution is 0.0412. The van der Waals surface area contributed by atoms with Crippen LogP contribution in [0.2, 0.25) is 0 Å². The molecule has 0 aromatic carbocycles. The van der Waals surface area contributed by atoms with Gasteiger partial charge in [0.05, 0.1) is 18.0 Å². The molecule has 33 heavy (non-hydrogen) atoms. The number of aromatic nitrogens is 5. The van der Waals surface area contributed by atoms with Gasteiger partial charge in [0.2, 0.25) is 0 Å². The van der Waals surface area contributed by atoms with Crippen LogP contribution in [0.25, 0.3) is 27.9 Å². The first kappa shape index (κ1) is 22.7. The molecule has 1 amide bonds. The Kier molecular flexibility index (Phi) is 7.19. The predicted octanol–water partition coefficient (Wildman–Crippen LogP) is 4.16. The van der Waals surface area contributed by atoms with Gasteiger partial charge in [0.25, 0.3) is 5.91 Å². The van der Waals surface area contributed by atoms with Crippen LogP contribution >= 0.6 is 0 Å². The first-order valence-corrected chi connectivity index (χ1v) is 11.4. The molecule has 2 aliphatic carbocycles. The molecule has 0 radical (unpaired) electrons. The van der Waals surface area contributed by atoms with Crippen molar-refractivity contribution >= 4 is 28.4 Å². The second kappa shape index (κ2) is 10.4. The highest BCUT2D eigenvalue weighted by Gasteiger charge is 2.17. The van der Waals surface area contributed by atoms with E-state index in [1.807, 2.05) is 24.4 Å². The molecule has 2 fully saturated rings. The van der Waals surface area contributed by atoms with Crippen molar-refractivity contribution in [1.82, 2.24) is 24.6 Å². The van der Waals surface area contributed by atoms with Crippen LogP contribution in [0.3, 0.4) is 0 Å². The van der Waals surface area contributed by atoms with Crippen LogP contribution in [0.4, 0.5) is 5.82 Å². The molecule has 0 spiro atoms. The molecule has 4 aromatic heterocycles. The van der Waals surface area contributed by atoms with Crippen molar-refractivity contribution in [2.75, 3.05) is 19.5 Å². The summed E-state index contributed by atoms with van der Waals surface area (Å²) in [6, 6.07) is 5.69. The highest BCUT2D eigenvalue weighted by Crippen LogP contribution is 2.29. The summed E-state index contributed by atoms with van der Waals surface area (Å²) in [4.78, 5) is 23.5. The highest BCUT2D eigenvalue weighted by atomic mass is 16.5. The van der Waals surface area contributed by atoms with E-state index in [1.54, 1.807) is 24.9 Å². The van der Waals surface area contributed by atoms with E-state index in [-0.39, 0.29) is 5.56 Å².